The Morgan fingerprint density at radius 2 is 1.97 bits per heavy atom. The Balaban J connectivity index is 1.94. The number of hydrogen-bond donors (Lipinski definition) is 2. The van der Waals surface area contributed by atoms with Gasteiger partial charge in [0.05, 0.1) is 11.6 Å². The lowest BCUT2D eigenvalue weighted by Gasteiger charge is -2.29. The Morgan fingerprint density at radius 3 is 2.64 bits per heavy atom. The molecule has 3 aromatic carbocycles. The number of fused-ring (bicyclic) bond motifs is 1. The Kier molecular flexibility index (Phi) is 6.65. The van der Waals surface area contributed by atoms with Crippen molar-refractivity contribution in [2.45, 2.75) is 12.0 Å². The Labute approximate surface area is 194 Å². The number of likely N-dealkylation sites (N-methyl/N-ethyl adjacent to an activating group) is 1. The van der Waals surface area contributed by atoms with Crippen molar-refractivity contribution in [3.8, 4) is 22.6 Å². The first-order valence-corrected chi connectivity index (χ1v) is 10.7. The molecule has 0 unspecified atom stereocenters. The minimum Gasteiger partial charge on any atom is -0.488 e. The maximum atomic E-state index is 15.6. The molecule has 8 heteroatoms. The van der Waals surface area contributed by atoms with Gasteiger partial charge in [-0.3, -0.25) is 4.79 Å². The summed E-state index contributed by atoms with van der Waals surface area (Å²) in [7, 11) is 1.78. The van der Waals surface area contributed by atoms with Gasteiger partial charge in [-0.05, 0) is 24.7 Å². The molecular formula is C25H22ClF2NO4. The summed E-state index contributed by atoms with van der Waals surface area (Å²) in [6.45, 7) is -0.0704. The summed E-state index contributed by atoms with van der Waals surface area (Å²) in [6.07, 6.45) is 0.748. The van der Waals surface area contributed by atoms with Crippen LogP contribution in [0.25, 0.3) is 11.1 Å². The normalized spacial score (nSPS) is 16.9. The molecule has 172 valence electrons. The molecule has 3 aromatic rings. The predicted molar refractivity (Wildman–Crippen MR) is 121 cm³/mol. The quantitative estimate of drug-likeness (QED) is 0.471. The summed E-state index contributed by atoms with van der Waals surface area (Å²) in [5, 5.41) is 11.8. The zero-order chi connectivity index (χ0) is 23.6. The molecule has 0 saturated heterocycles. The minimum atomic E-state index is -0.882. The van der Waals surface area contributed by atoms with E-state index in [0.717, 1.165) is 5.56 Å². The van der Waals surface area contributed by atoms with Crippen LogP contribution in [0.3, 0.4) is 0 Å². The second-order valence-electron chi connectivity index (χ2n) is 7.73. The number of ether oxygens (including phenoxy) is 2. The zero-order valence-corrected chi connectivity index (χ0v) is 18.6. The monoisotopic (exact) mass is 473 g/mol. The van der Waals surface area contributed by atoms with Crippen molar-refractivity contribution in [2.24, 2.45) is 0 Å². The molecule has 4 rings (SSSR count). The summed E-state index contributed by atoms with van der Waals surface area (Å²) in [5.74, 6) is -1.61. The maximum absolute atomic E-state index is 15.6. The molecule has 0 aromatic heterocycles. The van der Waals surface area contributed by atoms with Gasteiger partial charge < -0.3 is 19.9 Å². The van der Waals surface area contributed by atoms with Gasteiger partial charge in [0.1, 0.15) is 18.2 Å². The second-order valence-corrected chi connectivity index (χ2v) is 8.10. The van der Waals surface area contributed by atoms with E-state index in [1.54, 1.807) is 7.05 Å². The lowest BCUT2D eigenvalue weighted by molar-refractivity contribution is 0.0940. The summed E-state index contributed by atoms with van der Waals surface area (Å²) < 4.78 is 42.1. The van der Waals surface area contributed by atoms with Crippen molar-refractivity contribution in [1.82, 2.24) is 5.32 Å². The van der Waals surface area contributed by atoms with Gasteiger partial charge in [-0.25, -0.2) is 8.78 Å². The molecule has 0 saturated carbocycles. The van der Waals surface area contributed by atoms with Crippen LogP contribution in [-0.2, 0) is 12.0 Å². The van der Waals surface area contributed by atoms with Crippen LogP contribution in [0.2, 0.25) is 5.02 Å². The van der Waals surface area contributed by atoms with Gasteiger partial charge in [-0.15, -0.1) is 0 Å². The van der Waals surface area contributed by atoms with Gasteiger partial charge >= 0.3 is 0 Å². The number of aliphatic hydroxyl groups is 1. The van der Waals surface area contributed by atoms with Crippen LogP contribution in [-0.4, -0.2) is 38.2 Å². The highest BCUT2D eigenvalue weighted by Crippen LogP contribution is 2.50. The molecule has 1 atom stereocenters. The lowest BCUT2D eigenvalue weighted by Crippen LogP contribution is -2.41. The van der Waals surface area contributed by atoms with E-state index in [1.165, 1.54) is 18.2 Å². The predicted octanol–water partition coefficient (Wildman–Crippen LogP) is 4.52. The molecule has 1 aliphatic heterocycles. The molecule has 0 radical (unpaired) electrons. The first-order valence-electron chi connectivity index (χ1n) is 10.4. The van der Waals surface area contributed by atoms with Crippen LogP contribution in [0.4, 0.5) is 8.78 Å². The van der Waals surface area contributed by atoms with Crippen molar-refractivity contribution in [1.29, 1.82) is 0 Å². The van der Waals surface area contributed by atoms with Gasteiger partial charge in [-0.2, -0.15) is 0 Å². The molecule has 0 amide bonds. The SMILES string of the molecule is CNC[C@@]1(c2ccccc2)Cc2c(cc(F)c(Cl)c2-c2c(C=O)ccc(OCCO)c2F)O1. The number of benzene rings is 3. The number of aliphatic hydroxyl groups excluding tert-OH is 1. The molecule has 1 heterocycles. The van der Waals surface area contributed by atoms with E-state index in [0.29, 0.717) is 18.4 Å². The highest BCUT2D eigenvalue weighted by atomic mass is 35.5. The smallest absolute Gasteiger partial charge is 0.173 e. The summed E-state index contributed by atoms with van der Waals surface area (Å²) >= 11 is 6.38. The fourth-order valence-electron chi connectivity index (χ4n) is 4.28. The number of rotatable bonds is 8. The van der Waals surface area contributed by atoms with Crippen LogP contribution in [0.15, 0.2) is 48.5 Å². The molecule has 0 aliphatic carbocycles. The molecule has 33 heavy (non-hydrogen) atoms. The lowest BCUT2D eigenvalue weighted by atomic mass is 9.85. The van der Waals surface area contributed by atoms with Gasteiger partial charge in [0.25, 0.3) is 0 Å². The maximum Gasteiger partial charge on any atom is 0.173 e. The number of hydrogen-bond acceptors (Lipinski definition) is 5. The van der Waals surface area contributed by atoms with Crippen LogP contribution < -0.4 is 14.8 Å². The highest BCUT2D eigenvalue weighted by molar-refractivity contribution is 6.34. The number of nitrogens with one attached hydrogen (secondary N) is 1. The third kappa shape index (κ3) is 4.08. The number of carbonyl (C=O) groups is 1. The second kappa shape index (κ2) is 9.47. The van der Waals surface area contributed by atoms with E-state index >= 15 is 4.39 Å². The molecular weight excluding hydrogens is 452 g/mol. The van der Waals surface area contributed by atoms with Crippen molar-refractivity contribution >= 4 is 17.9 Å². The third-order valence-electron chi connectivity index (χ3n) is 5.68. The average Bonchev–Trinajstić information content (AvgIpc) is 3.19. The number of aldehydes is 1. The van der Waals surface area contributed by atoms with Crippen LogP contribution in [0.5, 0.6) is 11.5 Å². The van der Waals surface area contributed by atoms with Crippen LogP contribution in [0, 0.1) is 11.6 Å². The van der Waals surface area contributed by atoms with E-state index in [4.69, 9.17) is 26.2 Å². The van der Waals surface area contributed by atoms with Gasteiger partial charge in [0.15, 0.2) is 23.5 Å². The van der Waals surface area contributed by atoms with Gasteiger partial charge in [0.2, 0.25) is 0 Å². The molecule has 0 fully saturated rings. The van der Waals surface area contributed by atoms with Gasteiger partial charge in [-0.1, -0.05) is 41.9 Å². The van der Waals surface area contributed by atoms with Crippen LogP contribution in [0.1, 0.15) is 21.5 Å². The fraction of sp³-hybridized carbons (Fsp3) is 0.240. The van der Waals surface area contributed by atoms with Gasteiger partial charge in [0, 0.05) is 41.3 Å². The topological polar surface area (TPSA) is 67.8 Å². The largest absolute Gasteiger partial charge is 0.488 e. The Morgan fingerprint density at radius 1 is 1.21 bits per heavy atom. The minimum absolute atomic E-state index is 0.00984. The van der Waals surface area contributed by atoms with E-state index < -0.39 is 17.2 Å². The summed E-state index contributed by atoms with van der Waals surface area (Å²) in [6, 6.07) is 13.3. The first-order chi connectivity index (χ1) is 16.0. The van der Waals surface area contributed by atoms with E-state index in [1.807, 2.05) is 30.3 Å². The first kappa shape index (κ1) is 23.2. The molecule has 2 N–H and O–H groups in total. The van der Waals surface area contributed by atoms with Crippen molar-refractivity contribution < 1.29 is 28.2 Å². The fourth-order valence-corrected chi connectivity index (χ4v) is 4.54. The standard InChI is InChI=1S/C25H22ClF2NO4/c1-29-14-25(16-5-3-2-4-6-16)12-17-20(33-25)11-18(27)23(26)22(17)21-15(13-31)7-8-19(24(21)28)32-10-9-30/h2-8,11,13,29-30H,9-10,12,14H2,1H3/t25-/m1/s1. The van der Waals surface area contributed by atoms with Crippen molar-refractivity contribution in [2.75, 3.05) is 26.8 Å². The highest BCUT2D eigenvalue weighted by Gasteiger charge is 2.43. The molecule has 0 spiro atoms. The number of carbonyl (C=O) groups excluding carboxylic acids is 1. The third-order valence-corrected chi connectivity index (χ3v) is 6.05. The van der Waals surface area contributed by atoms with Crippen molar-refractivity contribution in [3.63, 3.8) is 0 Å². The number of halogens is 3. The molecule has 5 nitrogen and oxygen atoms in total. The molecule has 1 aliphatic rings. The van der Waals surface area contributed by atoms with E-state index in [2.05, 4.69) is 5.32 Å². The zero-order valence-electron chi connectivity index (χ0n) is 17.8. The van der Waals surface area contributed by atoms with E-state index in [-0.39, 0.29) is 52.8 Å². The van der Waals surface area contributed by atoms with Crippen molar-refractivity contribution in [3.05, 3.63) is 81.9 Å². The van der Waals surface area contributed by atoms with E-state index in [9.17, 15) is 9.18 Å². The average molecular weight is 474 g/mol. The van der Waals surface area contributed by atoms with Crippen LogP contribution >= 0.6 is 11.6 Å². The Hall–Kier alpha value is -3.00. The summed E-state index contributed by atoms with van der Waals surface area (Å²) in [5.41, 5.74) is 0.334. The molecule has 0 bridgehead atoms. The Bertz CT molecular complexity index is 1190. The summed E-state index contributed by atoms with van der Waals surface area (Å²) in [4.78, 5) is 11.8.